The van der Waals surface area contributed by atoms with Gasteiger partial charge in [0.15, 0.2) is 0 Å². The van der Waals surface area contributed by atoms with Crippen LogP contribution in [0.2, 0.25) is 0 Å². The molecule has 1 heterocycles. The molecule has 104 valence electrons. The second kappa shape index (κ2) is 5.53. The van der Waals surface area contributed by atoms with Crippen molar-refractivity contribution in [3.05, 3.63) is 28.2 Å². The van der Waals surface area contributed by atoms with Gasteiger partial charge in [0.05, 0.1) is 11.3 Å². The first-order chi connectivity index (χ1) is 8.89. The highest BCUT2D eigenvalue weighted by Crippen LogP contribution is 2.33. The van der Waals surface area contributed by atoms with Gasteiger partial charge >= 0.3 is 5.97 Å². The van der Waals surface area contributed by atoms with Crippen LogP contribution in [0.1, 0.15) is 43.5 Å². The van der Waals surface area contributed by atoms with Gasteiger partial charge in [0.25, 0.3) is 0 Å². The van der Waals surface area contributed by atoms with E-state index in [-0.39, 0.29) is 0 Å². The average Bonchev–Trinajstić information content (AvgIpc) is 2.50. The number of carboxylic acid groups (broad SMARTS) is 1. The SMILES string of the molecule is CC1(C)CCCN(c2ccc(Br)cc2C(=O)O)CC1. The van der Waals surface area contributed by atoms with Crippen LogP contribution < -0.4 is 4.90 Å². The summed E-state index contributed by atoms with van der Waals surface area (Å²) in [5.41, 5.74) is 1.58. The van der Waals surface area contributed by atoms with Gasteiger partial charge in [-0.05, 0) is 42.9 Å². The van der Waals surface area contributed by atoms with Gasteiger partial charge in [-0.3, -0.25) is 0 Å². The van der Waals surface area contributed by atoms with Crippen molar-refractivity contribution in [3.63, 3.8) is 0 Å². The lowest BCUT2D eigenvalue weighted by molar-refractivity contribution is 0.0697. The number of benzene rings is 1. The second-order valence-corrected chi connectivity index (χ2v) is 6.89. The molecule has 19 heavy (non-hydrogen) atoms. The van der Waals surface area contributed by atoms with E-state index >= 15 is 0 Å². The lowest BCUT2D eigenvalue weighted by Gasteiger charge is -2.26. The van der Waals surface area contributed by atoms with Crippen LogP contribution in [-0.4, -0.2) is 24.2 Å². The molecule has 1 saturated heterocycles. The first-order valence-electron chi connectivity index (χ1n) is 6.67. The van der Waals surface area contributed by atoms with E-state index < -0.39 is 5.97 Å². The predicted octanol–water partition coefficient (Wildman–Crippen LogP) is 4.16. The summed E-state index contributed by atoms with van der Waals surface area (Å²) >= 11 is 3.34. The molecule has 0 unspecified atom stereocenters. The fraction of sp³-hybridized carbons (Fsp3) is 0.533. The highest BCUT2D eigenvalue weighted by Gasteiger charge is 2.25. The number of hydrogen-bond acceptors (Lipinski definition) is 2. The molecule has 1 fully saturated rings. The number of aromatic carboxylic acids is 1. The van der Waals surface area contributed by atoms with E-state index in [0.29, 0.717) is 11.0 Å². The van der Waals surface area contributed by atoms with Gasteiger partial charge in [-0.1, -0.05) is 29.8 Å². The van der Waals surface area contributed by atoms with Gasteiger partial charge in [-0.2, -0.15) is 0 Å². The summed E-state index contributed by atoms with van der Waals surface area (Å²) in [5.74, 6) is -0.861. The van der Waals surface area contributed by atoms with Gasteiger partial charge in [0.2, 0.25) is 0 Å². The molecule has 0 radical (unpaired) electrons. The zero-order valence-corrected chi connectivity index (χ0v) is 13.0. The first-order valence-corrected chi connectivity index (χ1v) is 7.46. The topological polar surface area (TPSA) is 40.5 Å². The van der Waals surface area contributed by atoms with Crippen LogP contribution in [0, 0.1) is 5.41 Å². The molecule has 3 nitrogen and oxygen atoms in total. The van der Waals surface area contributed by atoms with Crippen molar-refractivity contribution in [2.24, 2.45) is 5.41 Å². The number of rotatable bonds is 2. The Bertz CT molecular complexity index is 485. The Hall–Kier alpha value is -1.03. The van der Waals surface area contributed by atoms with Crippen molar-refractivity contribution in [1.82, 2.24) is 0 Å². The number of hydrogen-bond donors (Lipinski definition) is 1. The molecule has 4 heteroatoms. The fourth-order valence-electron chi connectivity index (χ4n) is 2.62. The lowest BCUT2D eigenvalue weighted by Crippen LogP contribution is -2.26. The van der Waals surface area contributed by atoms with Crippen LogP contribution in [-0.2, 0) is 0 Å². The quantitative estimate of drug-likeness (QED) is 0.887. The molecule has 0 aromatic heterocycles. The molecule has 1 aliphatic rings. The van der Waals surface area contributed by atoms with Crippen LogP contribution in [0.4, 0.5) is 5.69 Å². The Balaban J connectivity index is 2.29. The Morgan fingerprint density at radius 1 is 1.32 bits per heavy atom. The molecule has 1 aliphatic heterocycles. The van der Waals surface area contributed by atoms with Crippen LogP contribution in [0.15, 0.2) is 22.7 Å². The standard InChI is InChI=1S/C15H20BrNO2/c1-15(2)6-3-8-17(9-7-15)13-5-4-11(16)10-12(13)14(18)19/h4-5,10H,3,6-9H2,1-2H3,(H,18,19). The Kier molecular flexibility index (Phi) is 4.19. The zero-order chi connectivity index (χ0) is 14.0. The number of carbonyl (C=O) groups is 1. The van der Waals surface area contributed by atoms with Gasteiger partial charge in [-0.25, -0.2) is 4.79 Å². The van der Waals surface area contributed by atoms with E-state index in [9.17, 15) is 9.90 Å². The second-order valence-electron chi connectivity index (χ2n) is 5.97. The van der Waals surface area contributed by atoms with E-state index in [0.717, 1.165) is 36.1 Å². The van der Waals surface area contributed by atoms with Crippen molar-refractivity contribution in [1.29, 1.82) is 0 Å². The maximum absolute atomic E-state index is 11.4. The summed E-state index contributed by atoms with van der Waals surface area (Å²) in [6.07, 6.45) is 3.41. The maximum atomic E-state index is 11.4. The average molecular weight is 326 g/mol. The molecule has 0 bridgehead atoms. The largest absolute Gasteiger partial charge is 0.478 e. The Morgan fingerprint density at radius 3 is 2.74 bits per heavy atom. The third-order valence-electron chi connectivity index (χ3n) is 3.87. The van der Waals surface area contributed by atoms with Crippen LogP contribution >= 0.6 is 15.9 Å². The van der Waals surface area contributed by atoms with Gasteiger partial charge in [-0.15, -0.1) is 0 Å². The smallest absolute Gasteiger partial charge is 0.337 e. The van der Waals surface area contributed by atoms with E-state index in [1.54, 1.807) is 6.07 Å². The van der Waals surface area contributed by atoms with E-state index in [1.165, 1.54) is 6.42 Å². The molecule has 0 saturated carbocycles. The van der Waals surface area contributed by atoms with Gasteiger partial charge in [0.1, 0.15) is 0 Å². The number of nitrogens with zero attached hydrogens (tertiary/aromatic N) is 1. The van der Waals surface area contributed by atoms with Gasteiger partial charge < -0.3 is 10.0 Å². The number of halogens is 1. The molecule has 0 aliphatic carbocycles. The summed E-state index contributed by atoms with van der Waals surface area (Å²) in [7, 11) is 0. The summed E-state index contributed by atoms with van der Waals surface area (Å²) in [5, 5.41) is 9.35. The van der Waals surface area contributed by atoms with Crippen molar-refractivity contribution in [3.8, 4) is 0 Å². The van der Waals surface area contributed by atoms with Crippen LogP contribution in [0.5, 0.6) is 0 Å². The minimum absolute atomic E-state index is 0.355. The van der Waals surface area contributed by atoms with Crippen molar-refractivity contribution in [2.75, 3.05) is 18.0 Å². The molecule has 1 N–H and O–H groups in total. The molecule has 0 amide bonds. The van der Waals surface area contributed by atoms with Gasteiger partial charge in [0, 0.05) is 17.6 Å². The molecule has 1 aromatic carbocycles. The minimum atomic E-state index is -0.861. The normalized spacial score (nSPS) is 19.0. The predicted molar refractivity (Wildman–Crippen MR) is 80.9 cm³/mol. The number of carboxylic acids is 1. The van der Waals surface area contributed by atoms with Crippen molar-refractivity contribution in [2.45, 2.75) is 33.1 Å². The highest BCUT2D eigenvalue weighted by atomic mass is 79.9. The molecular formula is C15H20BrNO2. The van der Waals surface area contributed by atoms with Crippen molar-refractivity contribution >= 4 is 27.6 Å². The Labute approximate surface area is 122 Å². The van der Waals surface area contributed by atoms with Crippen LogP contribution in [0.25, 0.3) is 0 Å². The van der Waals surface area contributed by atoms with Crippen LogP contribution in [0.3, 0.4) is 0 Å². The van der Waals surface area contributed by atoms with E-state index in [2.05, 4.69) is 34.7 Å². The first kappa shape index (κ1) is 14.4. The van der Waals surface area contributed by atoms with E-state index in [4.69, 9.17) is 0 Å². The fourth-order valence-corrected chi connectivity index (χ4v) is 2.98. The third kappa shape index (κ3) is 3.50. The lowest BCUT2D eigenvalue weighted by atomic mass is 9.85. The zero-order valence-electron chi connectivity index (χ0n) is 11.4. The summed E-state index contributed by atoms with van der Waals surface area (Å²) in [6, 6.07) is 5.51. The summed E-state index contributed by atoms with van der Waals surface area (Å²) in [6.45, 7) is 6.44. The minimum Gasteiger partial charge on any atom is -0.478 e. The third-order valence-corrected chi connectivity index (χ3v) is 4.36. The maximum Gasteiger partial charge on any atom is 0.337 e. The molecule has 0 atom stereocenters. The summed E-state index contributed by atoms with van der Waals surface area (Å²) < 4.78 is 0.809. The number of anilines is 1. The molecule has 2 rings (SSSR count). The van der Waals surface area contributed by atoms with Crippen molar-refractivity contribution < 1.29 is 9.90 Å². The van der Waals surface area contributed by atoms with E-state index in [1.807, 2.05) is 12.1 Å². The summed E-state index contributed by atoms with van der Waals surface area (Å²) in [4.78, 5) is 13.6. The monoisotopic (exact) mass is 325 g/mol. The molecular weight excluding hydrogens is 306 g/mol. The Morgan fingerprint density at radius 2 is 2.05 bits per heavy atom. The molecule has 1 aromatic rings. The highest BCUT2D eigenvalue weighted by molar-refractivity contribution is 9.10. The molecule has 0 spiro atoms.